The van der Waals surface area contributed by atoms with Gasteiger partial charge in [-0.2, -0.15) is 4.98 Å². The highest BCUT2D eigenvalue weighted by atomic mass is 19.1. The summed E-state index contributed by atoms with van der Waals surface area (Å²) < 4.78 is 19.0. The van der Waals surface area contributed by atoms with Gasteiger partial charge >= 0.3 is 0 Å². The van der Waals surface area contributed by atoms with Gasteiger partial charge in [0.2, 0.25) is 5.88 Å². The summed E-state index contributed by atoms with van der Waals surface area (Å²) >= 11 is 0. The molecule has 1 heterocycles. The molecular weight excluding hydrogens is 245 g/mol. The van der Waals surface area contributed by atoms with Crippen molar-refractivity contribution in [3.8, 4) is 11.6 Å². The minimum absolute atomic E-state index is 0.295. The average Bonchev–Trinajstić information content (AvgIpc) is 2.42. The Labute approximate surface area is 111 Å². The van der Waals surface area contributed by atoms with Crippen molar-refractivity contribution in [2.45, 2.75) is 20.3 Å². The first-order chi connectivity index (χ1) is 9.12. The first-order valence-corrected chi connectivity index (χ1v) is 6.12. The molecule has 1 aromatic carbocycles. The number of benzene rings is 1. The van der Waals surface area contributed by atoms with Crippen molar-refractivity contribution in [2.75, 3.05) is 12.4 Å². The molecule has 0 fully saturated rings. The topological polar surface area (TPSA) is 47.0 Å². The summed E-state index contributed by atoms with van der Waals surface area (Å²) in [7, 11) is 1.77. The van der Waals surface area contributed by atoms with Gasteiger partial charge in [-0.3, -0.25) is 0 Å². The van der Waals surface area contributed by atoms with E-state index in [2.05, 4.69) is 15.3 Å². The average molecular weight is 261 g/mol. The lowest BCUT2D eigenvalue weighted by Crippen LogP contribution is -2.01. The van der Waals surface area contributed by atoms with Crippen LogP contribution < -0.4 is 10.1 Å². The van der Waals surface area contributed by atoms with Crippen LogP contribution in [0.2, 0.25) is 0 Å². The first kappa shape index (κ1) is 13.3. The Morgan fingerprint density at radius 1 is 1.26 bits per heavy atom. The second-order valence-corrected chi connectivity index (χ2v) is 4.12. The van der Waals surface area contributed by atoms with E-state index in [1.807, 2.05) is 6.92 Å². The van der Waals surface area contributed by atoms with Gasteiger partial charge in [0.25, 0.3) is 0 Å². The van der Waals surface area contributed by atoms with Crippen molar-refractivity contribution in [1.82, 2.24) is 9.97 Å². The second kappa shape index (κ2) is 5.65. The van der Waals surface area contributed by atoms with Crippen LogP contribution >= 0.6 is 0 Å². The Kier molecular flexibility index (Phi) is 3.94. The van der Waals surface area contributed by atoms with E-state index < -0.39 is 0 Å². The highest BCUT2D eigenvalue weighted by Crippen LogP contribution is 2.23. The molecule has 0 saturated carbocycles. The molecular formula is C14H16FN3O. The molecule has 1 aromatic heterocycles. The van der Waals surface area contributed by atoms with Crippen LogP contribution in [0.25, 0.3) is 0 Å². The van der Waals surface area contributed by atoms with Crippen molar-refractivity contribution < 1.29 is 9.13 Å². The van der Waals surface area contributed by atoms with Crippen molar-refractivity contribution in [2.24, 2.45) is 0 Å². The summed E-state index contributed by atoms with van der Waals surface area (Å²) in [4.78, 5) is 8.52. The van der Waals surface area contributed by atoms with Crippen molar-refractivity contribution in [3.05, 3.63) is 41.5 Å². The zero-order valence-corrected chi connectivity index (χ0v) is 11.2. The van der Waals surface area contributed by atoms with Gasteiger partial charge in [0.05, 0.1) is 0 Å². The highest BCUT2D eigenvalue weighted by molar-refractivity contribution is 5.40. The van der Waals surface area contributed by atoms with Crippen LogP contribution in [0, 0.1) is 12.7 Å². The van der Waals surface area contributed by atoms with E-state index in [4.69, 9.17) is 4.74 Å². The normalized spacial score (nSPS) is 10.3. The molecule has 0 aliphatic heterocycles. The molecule has 0 unspecified atom stereocenters. The number of aryl methyl sites for hydroxylation is 2. The number of ether oxygens (including phenoxy) is 1. The lowest BCUT2D eigenvalue weighted by molar-refractivity contribution is 0.454. The third-order valence-electron chi connectivity index (χ3n) is 2.69. The maximum Gasteiger partial charge on any atom is 0.224 e. The van der Waals surface area contributed by atoms with E-state index in [1.165, 1.54) is 6.07 Å². The van der Waals surface area contributed by atoms with Crippen molar-refractivity contribution in [3.63, 3.8) is 0 Å². The van der Waals surface area contributed by atoms with E-state index in [0.29, 0.717) is 35.3 Å². The van der Waals surface area contributed by atoms with Gasteiger partial charge < -0.3 is 10.1 Å². The lowest BCUT2D eigenvalue weighted by atomic mass is 10.2. The van der Waals surface area contributed by atoms with Gasteiger partial charge in [-0.05, 0) is 18.6 Å². The molecule has 1 N–H and O–H groups in total. The fourth-order valence-corrected chi connectivity index (χ4v) is 1.57. The van der Waals surface area contributed by atoms with Crippen LogP contribution in [0.4, 0.5) is 10.2 Å². The number of rotatable bonds is 4. The molecule has 0 bridgehead atoms. The van der Waals surface area contributed by atoms with Gasteiger partial charge in [0, 0.05) is 25.6 Å². The molecule has 0 atom stereocenters. The monoisotopic (exact) mass is 261 g/mol. The predicted molar refractivity (Wildman–Crippen MR) is 72.2 cm³/mol. The number of nitrogens with zero attached hydrogens (tertiary/aromatic N) is 2. The van der Waals surface area contributed by atoms with Crippen LogP contribution in [0.5, 0.6) is 11.6 Å². The van der Waals surface area contributed by atoms with Crippen LogP contribution in [0.3, 0.4) is 0 Å². The highest BCUT2D eigenvalue weighted by Gasteiger charge is 2.06. The molecule has 0 amide bonds. The van der Waals surface area contributed by atoms with Crippen LogP contribution in [0.15, 0.2) is 24.3 Å². The van der Waals surface area contributed by atoms with Crippen molar-refractivity contribution >= 4 is 5.82 Å². The zero-order valence-electron chi connectivity index (χ0n) is 11.2. The summed E-state index contributed by atoms with van der Waals surface area (Å²) in [6, 6.07) is 6.41. The Morgan fingerprint density at radius 2 is 2.05 bits per heavy atom. The number of hydrogen-bond acceptors (Lipinski definition) is 4. The van der Waals surface area contributed by atoms with Gasteiger partial charge in [-0.15, -0.1) is 0 Å². The third kappa shape index (κ3) is 3.19. The largest absolute Gasteiger partial charge is 0.439 e. The molecule has 2 aromatic rings. The third-order valence-corrected chi connectivity index (χ3v) is 2.69. The van der Waals surface area contributed by atoms with E-state index in [0.717, 1.165) is 0 Å². The summed E-state index contributed by atoms with van der Waals surface area (Å²) in [6.07, 6.45) is 0.703. The number of hydrogen-bond donors (Lipinski definition) is 1. The van der Waals surface area contributed by atoms with Gasteiger partial charge in [-0.1, -0.05) is 13.0 Å². The quantitative estimate of drug-likeness (QED) is 0.917. The molecule has 2 rings (SSSR count). The summed E-state index contributed by atoms with van der Waals surface area (Å²) in [5.74, 6) is 1.88. The summed E-state index contributed by atoms with van der Waals surface area (Å²) in [5.41, 5.74) is 0.584. The van der Waals surface area contributed by atoms with Gasteiger partial charge in [0.15, 0.2) is 0 Å². The molecule has 100 valence electrons. The Hall–Kier alpha value is -2.17. The molecule has 19 heavy (non-hydrogen) atoms. The van der Waals surface area contributed by atoms with Crippen molar-refractivity contribution in [1.29, 1.82) is 0 Å². The minimum Gasteiger partial charge on any atom is -0.439 e. The molecule has 5 heteroatoms. The van der Waals surface area contributed by atoms with Gasteiger partial charge in [-0.25, -0.2) is 9.37 Å². The van der Waals surface area contributed by atoms with E-state index >= 15 is 0 Å². The number of aromatic nitrogens is 2. The maximum atomic E-state index is 13.4. The first-order valence-electron chi connectivity index (χ1n) is 6.12. The van der Waals surface area contributed by atoms with Crippen LogP contribution in [0.1, 0.15) is 18.3 Å². The standard InChI is InChI=1S/C14H16FN3O/c1-4-12-17-13(16-3)8-14(18-12)19-10-6-5-9(2)11(15)7-10/h5-8H,4H2,1-3H3,(H,16,17,18). The molecule has 0 aliphatic rings. The van der Waals surface area contributed by atoms with Crippen LogP contribution in [-0.4, -0.2) is 17.0 Å². The van der Waals surface area contributed by atoms with E-state index in [-0.39, 0.29) is 5.82 Å². The van der Waals surface area contributed by atoms with E-state index in [1.54, 1.807) is 32.2 Å². The number of nitrogens with one attached hydrogen (secondary N) is 1. The Morgan fingerprint density at radius 3 is 2.68 bits per heavy atom. The second-order valence-electron chi connectivity index (χ2n) is 4.12. The zero-order chi connectivity index (χ0) is 13.8. The molecule has 4 nitrogen and oxygen atoms in total. The van der Waals surface area contributed by atoms with E-state index in [9.17, 15) is 4.39 Å². The number of anilines is 1. The maximum absolute atomic E-state index is 13.4. The SMILES string of the molecule is CCc1nc(NC)cc(Oc2ccc(C)c(F)c2)n1. The summed E-state index contributed by atoms with van der Waals surface area (Å²) in [5, 5.41) is 2.94. The molecule has 0 saturated heterocycles. The van der Waals surface area contributed by atoms with Gasteiger partial charge in [0.1, 0.15) is 23.2 Å². The predicted octanol–water partition coefficient (Wildman–Crippen LogP) is 3.32. The summed E-state index contributed by atoms with van der Waals surface area (Å²) in [6.45, 7) is 3.67. The fraction of sp³-hybridized carbons (Fsp3) is 0.286. The lowest BCUT2D eigenvalue weighted by Gasteiger charge is -2.08. The fourth-order valence-electron chi connectivity index (χ4n) is 1.57. The number of halogens is 1. The molecule has 0 aliphatic carbocycles. The molecule has 0 spiro atoms. The Bertz CT molecular complexity index is 565. The van der Waals surface area contributed by atoms with Crippen LogP contribution in [-0.2, 0) is 6.42 Å². The molecule has 0 radical (unpaired) electrons. The Balaban J connectivity index is 2.29. The minimum atomic E-state index is -0.295. The smallest absolute Gasteiger partial charge is 0.224 e.